The van der Waals surface area contributed by atoms with Crippen LogP contribution in [0.5, 0.6) is 0 Å². The third-order valence-corrected chi connectivity index (χ3v) is 5.26. The van der Waals surface area contributed by atoms with Crippen molar-refractivity contribution in [2.75, 3.05) is 4.90 Å². The zero-order valence-electron chi connectivity index (χ0n) is 15.8. The number of hydrogen-bond donors (Lipinski definition) is 2. The van der Waals surface area contributed by atoms with E-state index < -0.39 is 17.8 Å². The van der Waals surface area contributed by atoms with Gasteiger partial charge in [0.15, 0.2) is 5.11 Å². The van der Waals surface area contributed by atoms with Crippen molar-refractivity contribution in [2.45, 2.75) is 0 Å². The minimum Gasteiger partial charge on any atom is -0.478 e. The molecule has 2 aromatic carbocycles. The number of benzene rings is 2. The predicted molar refractivity (Wildman–Crippen MR) is 120 cm³/mol. The Morgan fingerprint density at radius 2 is 1.74 bits per heavy atom. The quantitative estimate of drug-likeness (QED) is 0.359. The van der Waals surface area contributed by atoms with Crippen LogP contribution in [0.25, 0.3) is 11.8 Å². The van der Waals surface area contributed by atoms with Crippen LogP contribution in [0.2, 0.25) is 5.02 Å². The molecule has 0 radical (unpaired) electrons. The van der Waals surface area contributed by atoms with E-state index in [1.165, 1.54) is 23.1 Å². The van der Waals surface area contributed by atoms with Crippen LogP contribution < -0.4 is 10.2 Å². The highest BCUT2D eigenvalue weighted by Gasteiger charge is 2.35. The van der Waals surface area contributed by atoms with Gasteiger partial charge >= 0.3 is 5.97 Å². The molecule has 2 amide bonds. The Kier molecular flexibility index (Phi) is 5.41. The molecule has 1 aromatic heterocycles. The third-order valence-electron chi connectivity index (χ3n) is 4.66. The normalized spacial score (nSPS) is 15.3. The summed E-state index contributed by atoms with van der Waals surface area (Å²) in [7, 11) is 0. The Labute approximate surface area is 187 Å². The number of carbonyl (C=O) groups is 3. The summed E-state index contributed by atoms with van der Waals surface area (Å²) in [5.74, 6) is -2.25. The maximum Gasteiger partial charge on any atom is 0.335 e. The summed E-state index contributed by atoms with van der Waals surface area (Å²) in [6.07, 6.45) is 3.19. The Morgan fingerprint density at radius 1 is 1.03 bits per heavy atom. The maximum absolute atomic E-state index is 13.2. The second-order valence-electron chi connectivity index (χ2n) is 6.56. The molecule has 0 unspecified atom stereocenters. The largest absolute Gasteiger partial charge is 0.478 e. The Hall–Kier alpha value is -3.75. The van der Waals surface area contributed by atoms with Gasteiger partial charge in [-0.15, -0.1) is 0 Å². The molecule has 1 saturated heterocycles. The highest BCUT2D eigenvalue weighted by Crippen LogP contribution is 2.29. The fourth-order valence-electron chi connectivity index (χ4n) is 3.17. The zero-order chi connectivity index (χ0) is 22.1. The minimum absolute atomic E-state index is 0.0557. The molecular formula is C22H14ClN3O4S. The molecule has 0 saturated carbocycles. The van der Waals surface area contributed by atoms with Gasteiger partial charge in [-0.1, -0.05) is 23.7 Å². The number of nitrogens with one attached hydrogen (secondary N) is 1. The lowest BCUT2D eigenvalue weighted by Gasteiger charge is -2.29. The van der Waals surface area contributed by atoms with Gasteiger partial charge in [-0.3, -0.25) is 19.8 Å². The monoisotopic (exact) mass is 451 g/mol. The van der Waals surface area contributed by atoms with Crippen LogP contribution in [-0.2, 0) is 9.59 Å². The second-order valence-corrected chi connectivity index (χ2v) is 7.36. The van der Waals surface area contributed by atoms with E-state index in [-0.39, 0.29) is 16.2 Å². The molecule has 154 valence electrons. The Morgan fingerprint density at radius 3 is 2.42 bits per heavy atom. The summed E-state index contributed by atoms with van der Waals surface area (Å²) in [6, 6.07) is 16.4. The van der Waals surface area contributed by atoms with Crippen LogP contribution in [0.3, 0.4) is 0 Å². The predicted octanol–water partition coefficient (Wildman–Crippen LogP) is 3.66. The van der Waals surface area contributed by atoms with Gasteiger partial charge in [0.25, 0.3) is 11.8 Å². The van der Waals surface area contributed by atoms with Crippen LogP contribution in [0.1, 0.15) is 16.1 Å². The number of amides is 2. The summed E-state index contributed by atoms with van der Waals surface area (Å²) in [4.78, 5) is 38.0. The first kappa shape index (κ1) is 20.5. The standard InChI is InChI=1S/C22H14ClN3O4S/c23-17-5-1-2-6-18(17)26-20(28)16(19(27)24-22(26)31)12-15-4-3-11-25(15)14-9-7-13(8-10-14)21(29)30/h1-12H,(H,29,30)(H,24,27,31)/b16-12-. The molecule has 1 aliphatic rings. The van der Waals surface area contributed by atoms with Crippen molar-refractivity contribution >= 4 is 58.5 Å². The molecule has 0 atom stereocenters. The number of carboxylic acid groups (broad SMARTS) is 1. The van der Waals surface area contributed by atoms with Crippen LogP contribution in [0.4, 0.5) is 5.69 Å². The van der Waals surface area contributed by atoms with Crippen molar-refractivity contribution in [2.24, 2.45) is 0 Å². The number of anilines is 1. The van der Waals surface area contributed by atoms with E-state index in [0.29, 0.717) is 22.1 Å². The Bertz CT molecular complexity index is 1260. The minimum atomic E-state index is -1.03. The molecule has 0 spiro atoms. The van der Waals surface area contributed by atoms with Gasteiger partial charge in [-0.05, 0) is 66.8 Å². The number of carboxylic acids is 1. The molecule has 0 bridgehead atoms. The lowest BCUT2D eigenvalue weighted by atomic mass is 10.1. The second kappa shape index (κ2) is 8.17. The van der Waals surface area contributed by atoms with Gasteiger partial charge in [0.05, 0.1) is 16.3 Å². The molecule has 31 heavy (non-hydrogen) atoms. The third kappa shape index (κ3) is 3.86. The first-order valence-corrected chi connectivity index (χ1v) is 9.82. The first-order valence-electron chi connectivity index (χ1n) is 9.04. The zero-order valence-corrected chi connectivity index (χ0v) is 17.4. The maximum atomic E-state index is 13.2. The van der Waals surface area contributed by atoms with Gasteiger partial charge in [0, 0.05) is 17.6 Å². The van der Waals surface area contributed by atoms with E-state index in [4.69, 9.17) is 28.9 Å². The molecule has 1 fully saturated rings. The van der Waals surface area contributed by atoms with E-state index in [2.05, 4.69) is 5.32 Å². The molecule has 7 nitrogen and oxygen atoms in total. The van der Waals surface area contributed by atoms with E-state index in [9.17, 15) is 14.4 Å². The fourth-order valence-corrected chi connectivity index (χ4v) is 3.66. The number of aromatic carboxylic acids is 1. The number of aromatic nitrogens is 1. The number of hydrogen-bond acceptors (Lipinski definition) is 4. The average molecular weight is 452 g/mol. The topological polar surface area (TPSA) is 91.6 Å². The lowest BCUT2D eigenvalue weighted by molar-refractivity contribution is -0.122. The van der Waals surface area contributed by atoms with Gasteiger partial charge in [0.1, 0.15) is 5.57 Å². The van der Waals surface area contributed by atoms with Gasteiger partial charge in [0.2, 0.25) is 0 Å². The van der Waals surface area contributed by atoms with Crippen LogP contribution in [0.15, 0.2) is 72.4 Å². The fraction of sp³-hybridized carbons (Fsp3) is 0. The summed E-state index contributed by atoms with van der Waals surface area (Å²) in [5.41, 5.74) is 1.62. The number of para-hydroxylation sites is 1. The van der Waals surface area contributed by atoms with E-state index in [1.54, 1.807) is 59.3 Å². The highest BCUT2D eigenvalue weighted by atomic mass is 35.5. The average Bonchev–Trinajstić information content (AvgIpc) is 3.20. The number of nitrogens with zero attached hydrogens (tertiary/aromatic N) is 2. The molecule has 2 N–H and O–H groups in total. The van der Waals surface area contributed by atoms with Crippen molar-refractivity contribution < 1.29 is 19.5 Å². The SMILES string of the molecule is O=C1NC(=S)N(c2ccccc2Cl)C(=O)/C1=C\c1cccn1-c1ccc(C(=O)O)cc1. The summed E-state index contributed by atoms with van der Waals surface area (Å²) >= 11 is 11.4. The van der Waals surface area contributed by atoms with E-state index in [0.717, 1.165) is 0 Å². The van der Waals surface area contributed by atoms with Crippen LogP contribution in [0, 0.1) is 0 Å². The van der Waals surface area contributed by atoms with Crippen molar-refractivity contribution in [3.05, 3.63) is 88.7 Å². The van der Waals surface area contributed by atoms with E-state index in [1.807, 2.05) is 0 Å². The number of carbonyl (C=O) groups excluding carboxylic acids is 2. The summed E-state index contributed by atoms with van der Waals surface area (Å²) in [5, 5.41) is 11.9. The van der Waals surface area contributed by atoms with Crippen molar-refractivity contribution in [1.29, 1.82) is 0 Å². The smallest absolute Gasteiger partial charge is 0.335 e. The van der Waals surface area contributed by atoms with Crippen LogP contribution in [-0.4, -0.2) is 32.6 Å². The summed E-state index contributed by atoms with van der Waals surface area (Å²) in [6.45, 7) is 0. The molecule has 2 heterocycles. The molecular weight excluding hydrogens is 438 g/mol. The molecule has 1 aliphatic heterocycles. The van der Waals surface area contributed by atoms with Crippen molar-refractivity contribution in [3.8, 4) is 5.69 Å². The van der Waals surface area contributed by atoms with Crippen molar-refractivity contribution in [3.63, 3.8) is 0 Å². The highest BCUT2D eigenvalue weighted by molar-refractivity contribution is 7.80. The lowest BCUT2D eigenvalue weighted by Crippen LogP contribution is -2.54. The number of halogens is 1. The number of thiocarbonyl (C=S) groups is 1. The number of rotatable bonds is 4. The van der Waals surface area contributed by atoms with E-state index >= 15 is 0 Å². The molecule has 0 aliphatic carbocycles. The molecule has 4 rings (SSSR count). The molecule has 3 aromatic rings. The summed E-state index contributed by atoms with van der Waals surface area (Å²) < 4.78 is 1.73. The van der Waals surface area contributed by atoms with Gasteiger partial charge in [-0.2, -0.15) is 0 Å². The van der Waals surface area contributed by atoms with Crippen molar-refractivity contribution in [1.82, 2.24) is 9.88 Å². The van der Waals surface area contributed by atoms with Gasteiger partial charge in [-0.25, -0.2) is 4.79 Å². The first-order chi connectivity index (χ1) is 14.9. The van der Waals surface area contributed by atoms with Crippen LogP contribution >= 0.6 is 23.8 Å². The van der Waals surface area contributed by atoms with Gasteiger partial charge < -0.3 is 9.67 Å². The Balaban J connectivity index is 1.73. The molecule has 9 heteroatoms.